The van der Waals surface area contributed by atoms with E-state index >= 15 is 0 Å². The predicted octanol–water partition coefficient (Wildman–Crippen LogP) is 5.00. The normalized spacial score (nSPS) is 13.7. The minimum absolute atomic E-state index is 0.0237. The molecule has 1 aliphatic rings. The molecule has 1 aliphatic carbocycles. The van der Waals surface area contributed by atoms with E-state index in [1.165, 1.54) is 38.2 Å². The van der Waals surface area contributed by atoms with E-state index in [9.17, 15) is 22.8 Å². The molecule has 42 heavy (non-hydrogen) atoms. The predicted molar refractivity (Wildman–Crippen MR) is 161 cm³/mol. The number of carbonyl (C=O) groups excluding carboxylic acids is 2. The fourth-order valence-corrected chi connectivity index (χ4v) is 6.74. The Morgan fingerprint density at radius 1 is 1.00 bits per heavy atom. The van der Waals surface area contributed by atoms with E-state index in [0.29, 0.717) is 41.0 Å². The summed E-state index contributed by atoms with van der Waals surface area (Å²) in [5, 5.41) is 3.41. The van der Waals surface area contributed by atoms with Crippen molar-refractivity contribution in [2.45, 2.75) is 50.5 Å². The second-order valence-electron chi connectivity index (χ2n) is 10.7. The first kappa shape index (κ1) is 29.1. The number of nitrogens with one attached hydrogen (secondary N) is 2. The van der Waals surface area contributed by atoms with Crippen molar-refractivity contribution in [3.8, 4) is 5.75 Å². The first-order valence-corrected chi connectivity index (χ1v) is 15.4. The highest BCUT2D eigenvalue weighted by molar-refractivity contribution is 7.90. The van der Waals surface area contributed by atoms with Crippen LogP contribution in [0.3, 0.4) is 0 Å². The molecular weight excluding hydrogens is 554 g/mol. The fourth-order valence-electron chi connectivity index (χ4n) is 5.52. The van der Waals surface area contributed by atoms with Crippen molar-refractivity contribution < 1.29 is 22.7 Å². The van der Waals surface area contributed by atoms with Crippen molar-refractivity contribution in [1.82, 2.24) is 9.29 Å². The van der Waals surface area contributed by atoms with Crippen LogP contribution in [0.4, 0.5) is 5.69 Å². The second-order valence-corrected chi connectivity index (χ2v) is 12.3. The second kappa shape index (κ2) is 12.2. The van der Waals surface area contributed by atoms with Crippen LogP contribution >= 0.6 is 0 Å². The summed E-state index contributed by atoms with van der Waals surface area (Å²) in [6.45, 7) is 2.01. The van der Waals surface area contributed by atoms with E-state index in [2.05, 4.69) is 10.0 Å². The number of ether oxygens (including phenoxy) is 1. The van der Waals surface area contributed by atoms with E-state index in [-0.39, 0.29) is 27.5 Å². The lowest BCUT2D eigenvalue weighted by Gasteiger charge is -2.15. The van der Waals surface area contributed by atoms with Crippen molar-refractivity contribution in [3.05, 3.63) is 99.8 Å². The Hall–Kier alpha value is -4.44. The highest BCUT2D eigenvalue weighted by atomic mass is 32.2. The zero-order chi connectivity index (χ0) is 29.9. The lowest BCUT2D eigenvalue weighted by Crippen LogP contribution is -2.31. The Bertz CT molecular complexity index is 1820. The van der Waals surface area contributed by atoms with Gasteiger partial charge in [0.05, 0.1) is 23.1 Å². The number of anilines is 1. The van der Waals surface area contributed by atoms with Crippen LogP contribution in [0.1, 0.15) is 53.6 Å². The van der Waals surface area contributed by atoms with Crippen molar-refractivity contribution in [2.75, 3.05) is 12.4 Å². The molecule has 2 N–H and O–H groups in total. The van der Waals surface area contributed by atoms with E-state index < -0.39 is 15.9 Å². The van der Waals surface area contributed by atoms with Crippen LogP contribution in [-0.4, -0.2) is 31.9 Å². The molecule has 0 bridgehead atoms. The van der Waals surface area contributed by atoms with Gasteiger partial charge in [-0.3, -0.25) is 14.4 Å². The standard InChI is InChI=1S/C32H33N3O6S/c1-21-7-3-6-10-30(21)42(39,40)34-32(38)25-13-11-23(17-29(25)41-2)20-35-16-15-28(36)26-19-24(12-14-27(26)35)33-31(37)18-22-8-4-5-9-22/h3,6-7,10-17,19,22H,4-5,8-9,18,20H2,1-2H3,(H,33,37)(H,34,38). The van der Waals surface area contributed by atoms with Gasteiger partial charge in [0.1, 0.15) is 5.75 Å². The Labute approximate surface area is 244 Å². The fraction of sp³-hybridized carbons (Fsp3) is 0.281. The van der Waals surface area contributed by atoms with Crippen LogP contribution in [0.15, 0.2) is 82.6 Å². The molecule has 5 rings (SSSR count). The Balaban J connectivity index is 1.35. The summed E-state index contributed by atoms with van der Waals surface area (Å²) < 4.78 is 35.1. The highest BCUT2D eigenvalue weighted by Gasteiger charge is 2.23. The van der Waals surface area contributed by atoms with Gasteiger partial charge in [-0.05, 0) is 73.2 Å². The topological polar surface area (TPSA) is 124 Å². The molecule has 218 valence electrons. The number of amides is 2. The minimum Gasteiger partial charge on any atom is -0.496 e. The van der Waals surface area contributed by atoms with Crippen LogP contribution in [0.5, 0.6) is 5.75 Å². The Kier molecular flexibility index (Phi) is 8.44. The molecule has 1 heterocycles. The van der Waals surface area contributed by atoms with Gasteiger partial charge < -0.3 is 14.6 Å². The van der Waals surface area contributed by atoms with Gasteiger partial charge in [-0.2, -0.15) is 0 Å². The van der Waals surface area contributed by atoms with E-state index in [0.717, 1.165) is 18.4 Å². The lowest BCUT2D eigenvalue weighted by molar-refractivity contribution is -0.117. The molecule has 0 aliphatic heterocycles. The SMILES string of the molecule is COc1cc(Cn2ccc(=O)c3cc(NC(=O)CC4CCCC4)ccc32)ccc1C(=O)NS(=O)(=O)c1ccccc1C. The van der Waals surface area contributed by atoms with Gasteiger partial charge in [0, 0.05) is 36.3 Å². The monoisotopic (exact) mass is 587 g/mol. The molecule has 4 aromatic rings. The van der Waals surface area contributed by atoms with Crippen LogP contribution in [0.2, 0.25) is 0 Å². The van der Waals surface area contributed by atoms with Crippen molar-refractivity contribution >= 4 is 38.4 Å². The zero-order valence-corrected chi connectivity index (χ0v) is 24.4. The molecule has 0 atom stereocenters. The smallest absolute Gasteiger partial charge is 0.268 e. The Morgan fingerprint density at radius 3 is 2.50 bits per heavy atom. The first-order chi connectivity index (χ1) is 20.1. The number of rotatable bonds is 9. The molecule has 10 heteroatoms. The van der Waals surface area contributed by atoms with Crippen molar-refractivity contribution in [3.63, 3.8) is 0 Å². The number of aromatic nitrogens is 1. The van der Waals surface area contributed by atoms with Crippen molar-refractivity contribution in [1.29, 1.82) is 0 Å². The summed E-state index contributed by atoms with van der Waals surface area (Å²) in [4.78, 5) is 38.2. The molecule has 0 saturated heterocycles. The molecule has 1 fully saturated rings. The summed E-state index contributed by atoms with van der Waals surface area (Å²) in [5.74, 6) is -0.212. The molecule has 2 amide bonds. The quantitative estimate of drug-likeness (QED) is 0.284. The largest absolute Gasteiger partial charge is 0.496 e. The molecule has 0 radical (unpaired) electrons. The number of fused-ring (bicyclic) bond motifs is 1. The van der Waals surface area contributed by atoms with Gasteiger partial charge in [0.25, 0.3) is 15.9 Å². The maximum atomic E-state index is 13.0. The number of carbonyl (C=O) groups is 2. The Morgan fingerprint density at radius 2 is 1.76 bits per heavy atom. The molecule has 0 spiro atoms. The van der Waals surface area contributed by atoms with Gasteiger partial charge >= 0.3 is 0 Å². The van der Waals surface area contributed by atoms with E-state index in [1.807, 2.05) is 4.57 Å². The maximum absolute atomic E-state index is 13.0. The van der Waals surface area contributed by atoms with Crippen LogP contribution in [0.25, 0.3) is 10.9 Å². The molecule has 9 nitrogen and oxygen atoms in total. The number of aryl methyl sites for hydroxylation is 1. The average molecular weight is 588 g/mol. The number of benzene rings is 3. The van der Waals surface area contributed by atoms with Gasteiger partial charge in [-0.1, -0.05) is 37.1 Å². The van der Waals surface area contributed by atoms with E-state index in [4.69, 9.17) is 4.74 Å². The number of pyridine rings is 1. The van der Waals surface area contributed by atoms with Crippen molar-refractivity contribution in [2.24, 2.45) is 5.92 Å². The summed E-state index contributed by atoms with van der Waals surface area (Å²) in [7, 11) is -2.68. The minimum atomic E-state index is -4.08. The number of nitrogens with zero attached hydrogens (tertiary/aromatic N) is 1. The number of hydrogen-bond acceptors (Lipinski definition) is 6. The number of methoxy groups -OCH3 is 1. The van der Waals surface area contributed by atoms with Gasteiger partial charge in [0.2, 0.25) is 5.91 Å². The highest BCUT2D eigenvalue weighted by Crippen LogP contribution is 2.28. The third kappa shape index (κ3) is 6.38. The molecule has 1 aromatic heterocycles. The molecule has 0 unspecified atom stereocenters. The van der Waals surface area contributed by atoms with Gasteiger partial charge in [-0.25, -0.2) is 13.1 Å². The maximum Gasteiger partial charge on any atom is 0.268 e. The van der Waals surface area contributed by atoms with E-state index in [1.54, 1.807) is 61.7 Å². The summed E-state index contributed by atoms with van der Waals surface area (Å²) in [6, 6.07) is 18.1. The average Bonchev–Trinajstić information content (AvgIpc) is 3.47. The lowest BCUT2D eigenvalue weighted by atomic mass is 10.0. The molecular formula is C32H33N3O6S. The number of hydrogen-bond donors (Lipinski definition) is 2. The third-order valence-corrected chi connectivity index (χ3v) is 9.17. The third-order valence-electron chi connectivity index (χ3n) is 7.68. The van der Waals surface area contributed by atoms with Crippen LogP contribution in [0, 0.1) is 12.8 Å². The van der Waals surface area contributed by atoms with Gasteiger partial charge in [-0.15, -0.1) is 0 Å². The van der Waals surface area contributed by atoms with Crippen LogP contribution < -0.4 is 20.2 Å². The zero-order valence-electron chi connectivity index (χ0n) is 23.6. The summed E-state index contributed by atoms with van der Waals surface area (Å²) >= 11 is 0. The molecule has 3 aromatic carbocycles. The van der Waals surface area contributed by atoms with Crippen LogP contribution in [-0.2, 0) is 21.4 Å². The summed E-state index contributed by atoms with van der Waals surface area (Å²) in [6.07, 6.45) is 6.68. The summed E-state index contributed by atoms with van der Waals surface area (Å²) in [5.41, 5.74) is 2.46. The van der Waals surface area contributed by atoms with Gasteiger partial charge in [0.15, 0.2) is 5.43 Å². The molecule has 1 saturated carbocycles. The first-order valence-electron chi connectivity index (χ1n) is 13.9. The number of sulfonamides is 1.